The summed E-state index contributed by atoms with van der Waals surface area (Å²) in [6.45, 7) is 4.72. The van der Waals surface area contributed by atoms with Crippen molar-refractivity contribution in [1.29, 1.82) is 0 Å². The van der Waals surface area contributed by atoms with Gasteiger partial charge in [-0.25, -0.2) is 9.97 Å². The van der Waals surface area contributed by atoms with Crippen LogP contribution in [-0.2, 0) is 11.2 Å². The molecule has 0 bridgehead atoms. The van der Waals surface area contributed by atoms with Gasteiger partial charge in [0.2, 0.25) is 5.91 Å². The summed E-state index contributed by atoms with van der Waals surface area (Å²) in [4.78, 5) is 20.6. The molecule has 1 aromatic carbocycles. The van der Waals surface area contributed by atoms with Gasteiger partial charge in [-0.3, -0.25) is 4.79 Å². The molecular weight excluding hydrogens is 302 g/mol. The lowest BCUT2D eigenvalue weighted by atomic mass is 10.0. The van der Waals surface area contributed by atoms with Crippen LogP contribution in [0, 0.1) is 5.92 Å². The van der Waals surface area contributed by atoms with Crippen LogP contribution in [0.4, 0.5) is 0 Å². The number of amides is 1. The van der Waals surface area contributed by atoms with Gasteiger partial charge in [0.25, 0.3) is 0 Å². The molecule has 1 amide bonds. The number of nitrogens with zero attached hydrogens (tertiary/aromatic N) is 2. The Hall–Kier alpha value is -2.43. The SMILES string of the molecule is CC[C@H](C)CC(=O)NC[C@@H]1Cc2cccc(-c3ncccn3)c2O1. The van der Waals surface area contributed by atoms with Crippen LogP contribution in [0.1, 0.15) is 32.3 Å². The smallest absolute Gasteiger partial charge is 0.220 e. The molecule has 0 saturated carbocycles. The predicted octanol–water partition coefficient (Wildman–Crippen LogP) is 3.00. The Bertz CT molecular complexity index is 703. The van der Waals surface area contributed by atoms with Crippen LogP contribution in [0.3, 0.4) is 0 Å². The Morgan fingerprint density at radius 3 is 2.88 bits per heavy atom. The van der Waals surface area contributed by atoms with E-state index in [1.807, 2.05) is 12.1 Å². The van der Waals surface area contributed by atoms with E-state index in [1.165, 1.54) is 0 Å². The number of hydrogen-bond acceptors (Lipinski definition) is 4. The number of nitrogens with one attached hydrogen (secondary N) is 1. The van der Waals surface area contributed by atoms with Gasteiger partial charge >= 0.3 is 0 Å². The average Bonchev–Trinajstić information content (AvgIpc) is 3.03. The highest BCUT2D eigenvalue weighted by Gasteiger charge is 2.26. The van der Waals surface area contributed by atoms with Crippen LogP contribution < -0.4 is 10.1 Å². The minimum absolute atomic E-state index is 0.0363. The first-order chi connectivity index (χ1) is 11.7. The monoisotopic (exact) mass is 325 g/mol. The van der Waals surface area contributed by atoms with Crippen LogP contribution in [0.25, 0.3) is 11.4 Å². The third-order valence-corrected chi connectivity index (χ3v) is 4.39. The van der Waals surface area contributed by atoms with E-state index in [9.17, 15) is 4.79 Å². The second kappa shape index (κ2) is 7.43. The largest absolute Gasteiger partial charge is 0.487 e. The number of carbonyl (C=O) groups is 1. The maximum Gasteiger partial charge on any atom is 0.220 e. The van der Waals surface area contributed by atoms with Crippen molar-refractivity contribution < 1.29 is 9.53 Å². The van der Waals surface area contributed by atoms with Crippen molar-refractivity contribution in [1.82, 2.24) is 15.3 Å². The maximum atomic E-state index is 11.9. The van der Waals surface area contributed by atoms with Gasteiger partial charge in [-0.1, -0.05) is 32.4 Å². The highest BCUT2D eigenvalue weighted by molar-refractivity contribution is 5.76. The molecule has 0 saturated heterocycles. The van der Waals surface area contributed by atoms with Gasteiger partial charge < -0.3 is 10.1 Å². The highest BCUT2D eigenvalue weighted by Crippen LogP contribution is 2.37. The Kier molecular flexibility index (Phi) is 5.08. The van der Waals surface area contributed by atoms with E-state index < -0.39 is 0 Å². The van der Waals surface area contributed by atoms with Crippen molar-refractivity contribution in [3.8, 4) is 17.1 Å². The van der Waals surface area contributed by atoms with Crippen LogP contribution in [0.5, 0.6) is 5.75 Å². The number of aromatic nitrogens is 2. The summed E-state index contributed by atoms with van der Waals surface area (Å²) in [6.07, 6.45) is 5.79. The normalized spacial score (nSPS) is 17.0. The second-order valence-corrected chi connectivity index (χ2v) is 6.33. The summed E-state index contributed by atoms with van der Waals surface area (Å²) in [5.41, 5.74) is 2.04. The summed E-state index contributed by atoms with van der Waals surface area (Å²) in [7, 11) is 0. The van der Waals surface area contributed by atoms with Crippen LogP contribution in [-0.4, -0.2) is 28.5 Å². The topological polar surface area (TPSA) is 64.1 Å². The minimum Gasteiger partial charge on any atom is -0.487 e. The quantitative estimate of drug-likeness (QED) is 0.887. The molecule has 2 aromatic rings. The first kappa shape index (κ1) is 16.4. The molecule has 3 rings (SSSR count). The standard InChI is InChI=1S/C19H23N3O2/c1-3-13(2)10-17(23)22-12-15-11-14-6-4-7-16(18(14)24-15)19-20-8-5-9-21-19/h4-9,13,15H,3,10-12H2,1-2H3,(H,22,23)/t13-,15-/m0/s1. The fourth-order valence-corrected chi connectivity index (χ4v) is 2.83. The molecule has 24 heavy (non-hydrogen) atoms. The van der Waals surface area contributed by atoms with Gasteiger partial charge in [-0.15, -0.1) is 0 Å². The van der Waals surface area contributed by atoms with Gasteiger partial charge in [0, 0.05) is 25.2 Å². The van der Waals surface area contributed by atoms with Crippen molar-refractivity contribution in [2.75, 3.05) is 6.54 Å². The molecule has 0 fully saturated rings. The van der Waals surface area contributed by atoms with Crippen LogP contribution in [0.15, 0.2) is 36.7 Å². The lowest BCUT2D eigenvalue weighted by Crippen LogP contribution is -2.35. The molecule has 1 aliphatic heterocycles. The lowest BCUT2D eigenvalue weighted by molar-refractivity contribution is -0.122. The van der Waals surface area contributed by atoms with E-state index in [0.717, 1.165) is 29.7 Å². The molecular formula is C19H23N3O2. The summed E-state index contributed by atoms with van der Waals surface area (Å²) in [6, 6.07) is 7.82. The number of ether oxygens (including phenoxy) is 1. The summed E-state index contributed by atoms with van der Waals surface area (Å²) < 4.78 is 6.08. The molecule has 1 aromatic heterocycles. The van der Waals surface area contributed by atoms with E-state index in [1.54, 1.807) is 18.5 Å². The second-order valence-electron chi connectivity index (χ2n) is 6.33. The molecule has 0 radical (unpaired) electrons. The summed E-state index contributed by atoms with van der Waals surface area (Å²) >= 11 is 0. The van der Waals surface area contributed by atoms with E-state index in [2.05, 4.69) is 35.2 Å². The first-order valence-corrected chi connectivity index (χ1v) is 8.50. The van der Waals surface area contributed by atoms with Crippen molar-refractivity contribution in [2.24, 2.45) is 5.92 Å². The average molecular weight is 325 g/mol. The maximum absolute atomic E-state index is 11.9. The molecule has 5 nitrogen and oxygen atoms in total. The Balaban J connectivity index is 1.64. The fourth-order valence-electron chi connectivity index (χ4n) is 2.83. The van der Waals surface area contributed by atoms with E-state index in [0.29, 0.717) is 24.7 Å². The molecule has 2 heterocycles. The zero-order chi connectivity index (χ0) is 16.9. The van der Waals surface area contributed by atoms with Crippen molar-refractivity contribution >= 4 is 5.91 Å². The Labute approximate surface area is 142 Å². The predicted molar refractivity (Wildman–Crippen MR) is 92.7 cm³/mol. The van der Waals surface area contributed by atoms with Crippen LogP contribution >= 0.6 is 0 Å². The van der Waals surface area contributed by atoms with E-state index in [4.69, 9.17) is 4.74 Å². The van der Waals surface area contributed by atoms with E-state index in [-0.39, 0.29) is 12.0 Å². The third kappa shape index (κ3) is 3.72. The number of para-hydroxylation sites is 1. The molecule has 0 aliphatic carbocycles. The zero-order valence-electron chi connectivity index (χ0n) is 14.2. The number of carbonyl (C=O) groups excluding carboxylic acids is 1. The number of hydrogen-bond donors (Lipinski definition) is 1. The Morgan fingerprint density at radius 2 is 2.12 bits per heavy atom. The highest BCUT2D eigenvalue weighted by atomic mass is 16.5. The van der Waals surface area contributed by atoms with Crippen molar-refractivity contribution in [3.63, 3.8) is 0 Å². The zero-order valence-corrected chi connectivity index (χ0v) is 14.2. The van der Waals surface area contributed by atoms with Crippen LogP contribution in [0.2, 0.25) is 0 Å². The first-order valence-electron chi connectivity index (χ1n) is 8.50. The molecule has 1 aliphatic rings. The number of fused-ring (bicyclic) bond motifs is 1. The number of rotatable bonds is 6. The molecule has 2 atom stereocenters. The summed E-state index contributed by atoms with van der Waals surface area (Å²) in [5.74, 6) is 2.00. The van der Waals surface area contributed by atoms with Crippen molar-refractivity contribution in [3.05, 3.63) is 42.2 Å². The molecule has 126 valence electrons. The van der Waals surface area contributed by atoms with Gasteiger partial charge in [0.15, 0.2) is 5.82 Å². The van der Waals surface area contributed by atoms with Gasteiger partial charge in [0.05, 0.1) is 12.1 Å². The van der Waals surface area contributed by atoms with Crippen molar-refractivity contribution in [2.45, 2.75) is 39.2 Å². The Morgan fingerprint density at radius 1 is 1.33 bits per heavy atom. The minimum atomic E-state index is -0.0363. The third-order valence-electron chi connectivity index (χ3n) is 4.39. The number of benzene rings is 1. The molecule has 1 N–H and O–H groups in total. The van der Waals surface area contributed by atoms with Gasteiger partial charge in [-0.05, 0) is 23.6 Å². The molecule has 5 heteroatoms. The molecule has 0 spiro atoms. The lowest BCUT2D eigenvalue weighted by Gasteiger charge is -2.14. The van der Waals surface area contributed by atoms with E-state index >= 15 is 0 Å². The van der Waals surface area contributed by atoms with Gasteiger partial charge in [-0.2, -0.15) is 0 Å². The fraction of sp³-hybridized carbons (Fsp3) is 0.421. The summed E-state index contributed by atoms with van der Waals surface area (Å²) in [5, 5.41) is 2.99. The van der Waals surface area contributed by atoms with Gasteiger partial charge in [0.1, 0.15) is 11.9 Å². The molecule has 0 unspecified atom stereocenters.